The lowest BCUT2D eigenvalue weighted by molar-refractivity contribution is 0.0955. The molecule has 0 bridgehead atoms. The molecule has 132 valence electrons. The van der Waals surface area contributed by atoms with Crippen LogP contribution in [-0.4, -0.2) is 21.9 Å². The van der Waals surface area contributed by atoms with Gasteiger partial charge in [-0.25, -0.2) is 5.43 Å². The van der Waals surface area contributed by atoms with Gasteiger partial charge in [-0.2, -0.15) is 10.2 Å². The molecule has 0 aliphatic heterocycles. The fraction of sp³-hybridized carbons (Fsp3) is 0.150. The van der Waals surface area contributed by atoms with Gasteiger partial charge in [-0.05, 0) is 55.3 Å². The van der Waals surface area contributed by atoms with Gasteiger partial charge in [-0.1, -0.05) is 40.2 Å². The molecule has 26 heavy (non-hydrogen) atoms. The number of aromatic nitrogens is 2. The van der Waals surface area contributed by atoms with Gasteiger partial charge >= 0.3 is 0 Å². The summed E-state index contributed by atoms with van der Waals surface area (Å²) < 4.78 is 2.93. The molecule has 5 nitrogen and oxygen atoms in total. The molecule has 2 aromatic carbocycles. The van der Waals surface area contributed by atoms with Gasteiger partial charge in [0.2, 0.25) is 0 Å². The zero-order chi connectivity index (χ0) is 18.5. The van der Waals surface area contributed by atoms with Gasteiger partial charge < -0.3 is 0 Å². The van der Waals surface area contributed by atoms with Crippen LogP contribution in [0, 0.1) is 13.8 Å². The normalized spacial score (nSPS) is 11.0. The van der Waals surface area contributed by atoms with Crippen molar-refractivity contribution in [2.45, 2.75) is 20.4 Å². The van der Waals surface area contributed by atoms with E-state index in [1.807, 2.05) is 67.1 Å². The summed E-state index contributed by atoms with van der Waals surface area (Å²) in [6.45, 7) is 4.62. The van der Waals surface area contributed by atoms with Gasteiger partial charge in [0, 0.05) is 15.7 Å². The molecule has 1 amide bonds. The number of nitrogens with zero attached hydrogens (tertiary/aromatic N) is 3. The highest BCUT2D eigenvalue weighted by Crippen LogP contribution is 2.11. The third-order valence-electron chi connectivity index (χ3n) is 3.87. The van der Waals surface area contributed by atoms with E-state index in [9.17, 15) is 4.79 Å². The van der Waals surface area contributed by atoms with Gasteiger partial charge in [0.05, 0.1) is 18.5 Å². The van der Waals surface area contributed by atoms with Crippen molar-refractivity contribution in [1.82, 2.24) is 15.2 Å². The summed E-state index contributed by atoms with van der Waals surface area (Å²) in [7, 11) is 0. The number of hydrogen-bond donors (Lipinski definition) is 1. The number of benzene rings is 2. The van der Waals surface area contributed by atoms with Crippen LogP contribution in [0.15, 0.2) is 64.2 Å². The lowest BCUT2D eigenvalue weighted by atomic mass is 10.1. The van der Waals surface area contributed by atoms with E-state index in [1.54, 1.807) is 12.3 Å². The third-order valence-corrected chi connectivity index (χ3v) is 4.40. The molecule has 0 unspecified atom stereocenters. The first-order valence-electron chi connectivity index (χ1n) is 8.20. The second-order valence-electron chi connectivity index (χ2n) is 6.04. The van der Waals surface area contributed by atoms with Crippen molar-refractivity contribution in [3.05, 3.63) is 87.1 Å². The van der Waals surface area contributed by atoms with Gasteiger partial charge in [0.15, 0.2) is 0 Å². The Hall–Kier alpha value is -2.73. The molecule has 0 saturated carbocycles. The number of rotatable bonds is 5. The molecule has 0 fully saturated rings. The molecular weight excluding hydrogens is 392 g/mol. The van der Waals surface area contributed by atoms with Crippen LogP contribution in [-0.2, 0) is 6.54 Å². The largest absolute Gasteiger partial charge is 0.271 e. The summed E-state index contributed by atoms with van der Waals surface area (Å²) in [5, 5.41) is 8.48. The predicted molar refractivity (Wildman–Crippen MR) is 106 cm³/mol. The maximum Gasteiger partial charge on any atom is 0.271 e. The second-order valence-corrected chi connectivity index (χ2v) is 6.95. The maximum atomic E-state index is 12.3. The molecule has 0 atom stereocenters. The summed E-state index contributed by atoms with van der Waals surface area (Å²) in [5.41, 5.74) is 7.13. The summed E-state index contributed by atoms with van der Waals surface area (Å²) >= 11 is 3.38. The molecule has 3 rings (SSSR count). The maximum absolute atomic E-state index is 12.3. The van der Waals surface area contributed by atoms with Crippen molar-refractivity contribution in [3.63, 3.8) is 0 Å². The van der Waals surface area contributed by atoms with Crippen LogP contribution >= 0.6 is 15.9 Å². The Balaban J connectivity index is 1.66. The Kier molecular flexibility index (Phi) is 5.63. The van der Waals surface area contributed by atoms with E-state index >= 15 is 0 Å². The zero-order valence-corrected chi connectivity index (χ0v) is 16.2. The molecule has 3 aromatic rings. The summed E-state index contributed by atoms with van der Waals surface area (Å²) in [6, 6.07) is 17.2. The van der Waals surface area contributed by atoms with E-state index < -0.39 is 0 Å². The topological polar surface area (TPSA) is 59.3 Å². The average molecular weight is 411 g/mol. The SMILES string of the molecule is Cc1cc(C)n(Cc2cccc(C(=O)N/N=C/c3ccc(Br)cc3)c2)n1. The highest BCUT2D eigenvalue weighted by atomic mass is 79.9. The van der Waals surface area contributed by atoms with Crippen LogP contribution in [0.5, 0.6) is 0 Å². The fourth-order valence-electron chi connectivity index (χ4n) is 2.60. The molecule has 6 heteroatoms. The third kappa shape index (κ3) is 4.67. The monoisotopic (exact) mass is 410 g/mol. The molecule has 0 radical (unpaired) electrons. The molecule has 0 aliphatic carbocycles. The highest BCUT2D eigenvalue weighted by molar-refractivity contribution is 9.10. The summed E-state index contributed by atoms with van der Waals surface area (Å²) in [4.78, 5) is 12.3. The predicted octanol–water partition coefficient (Wildman–Crippen LogP) is 4.07. The Labute approximate surface area is 160 Å². The number of nitrogens with one attached hydrogen (secondary N) is 1. The number of halogens is 1. The molecule has 0 saturated heterocycles. The number of hydrazone groups is 1. The first kappa shape index (κ1) is 18.1. The molecular formula is C20H19BrN4O. The first-order chi connectivity index (χ1) is 12.5. The Morgan fingerprint density at radius 3 is 2.65 bits per heavy atom. The lowest BCUT2D eigenvalue weighted by Crippen LogP contribution is -2.18. The Bertz CT molecular complexity index is 945. The molecule has 1 heterocycles. The molecule has 1 aromatic heterocycles. The van der Waals surface area contributed by atoms with Crippen LogP contribution < -0.4 is 5.43 Å². The molecule has 0 spiro atoms. The minimum Gasteiger partial charge on any atom is -0.267 e. The summed E-state index contributed by atoms with van der Waals surface area (Å²) in [5.74, 6) is -0.242. The van der Waals surface area contributed by atoms with Crippen molar-refractivity contribution in [3.8, 4) is 0 Å². The lowest BCUT2D eigenvalue weighted by Gasteiger charge is -2.06. The van der Waals surface area contributed by atoms with Crippen molar-refractivity contribution in [2.75, 3.05) is 0 Å². The standard InChI is InChI=1S/C20H19BrN4O/c1-14-10-15(2)25(24-14)13-17-4-3-5-18(11-17)20(26)23-22-12-16-6-8-19(21)9-7-16/h3-12H,13H2,1-2H3,(H,23,26)/b22-12+. The van der Waals surface area contributed by atoms with Crippen LogP contribution in [0.4, 0.5) is 0 Å². The minimum atomic E-state index is -0.242. The van der Waals surface area contributed by atoms with Crippen LogP contribution in [0.2, 0.25) is 0 Å². The molecule has 1 N–H and O–H groups in total. The quantitative estimate of drug-likeness (QED) is 0.508. The highest BCUT2D eigenvalue weighted by Gasteiger charge is 2.07. The Morgan fingerprint density at radius 1 is 1.19 bits per heavy atom. The van der Waals surface area contributed by atoms with E-state index in [2.05, 4.69) is 31.6 Å². The number of carbonyl (C=O) groups excluding carboxylic acids is 1. The fourth-order valence-corrected chi connectivity index (χ4v) is 2.86. The van der Waals surface area contributed by atoms with Crippen molar-refractivity contribution >= 4 is 28.1 Å². The summed E-state index contributed by atoms with van der Waals surface area (Å²) in [6.07, 6.45) is 1.62. The molecule has 0 aliphatic rings. The van der Waals surface area contributed by atoms with Crippen LogP contribution in [0.25, 0.3) is 0 Å². The van der Waals surface area contributed by atoms with Gasteiger partial charge in [-0.3, -0.25) is 9.48 Å². The average Bonchev–Trinajstić information content (AvgIpc) is 2.94. The van der Waals surface area contributed by atoms with Gasteiger partial charge in [0.25, 0.3) is 5.91 Å². The number of aryl methyl sites for hydroxylation is 2. The zero-order valence-electron chi connectivity index (χ0n) is 14.6. The number of hydrogen-bond acceptors (Lipinski definition) is 3. The van der Waals surface area contributed by atoms with E-state index in [-0.39, 0.29) is 5.91 Å². The van der Waals surface area contributed by atoms with Gasteiger partial charge in [0.1, 0.15) is 0 Å². The van der Waals surface area contributed by atoms with E-state index in [1.165, 1.54) is 0 Å². The number of amides is 1. The minimum absolute atomic E-state index is 0.242. The Morgan fingerprint density at radius 2 is 1.96 bits per heavy atom. The van der Waals surface area contributed by atoms with Crippen molar-refractivity contribution < 1.29 is 4.79 Å². The van der Waals surface area contributed by atoms with E-state index in [0.29, 0.717) is 12.1 Å². The van der Waals surface area contributed by atoms with Crippen LogP contribution in [0.3, 0.4) is 0 Å². The van der Waals surface area contributed by atoms with Crippen LogP contribution in [0.1, 0.15) is 32.9 Å². The smallest absolute Gasteiger partial charge is 0.267 e. The first-order valence-corrected chi connectivity index (χ1v) is 8.99. The second kappa shape index (κ2) is 8.10. The van der Waals surface area contributed by atoms with Crippen molar-refractivity contribution in [1.29, 1.82) is 0 Å². The number of carbonyl (C=O) groups is 1. The van der Waals surface area contributed by atoms with E-state index in [4.69, 9.17) is 0 Å². The van der Waals surface area contributed by atoms with E-state index in [0.717, 1.165) is 27.0 Å². The van der Waals surface area contributed by atoms with Crippen molar-refractivity contribution in [2.24, 2.45) is 5.10 Å². The van der Waals surface area contributed by atoms with Gasteiger partial charge in [-0.15, -0.1) is 0 Å².